The number of aliphatic hydroxyl groups is 2. The zero-order valence-electron chi connectivity index (χ0n) is 80.6. The van der Waals surface area contributed by atoms with Gasteiger partial charge in [-0.1, -0.05) is 110 Å². The number of hydrogen-bond acceptors (Lipinski definition) is 12. The average Bonchev–Trinajstić information content (AvgIpc) is 0.752. The van der Waals surface area contributed by atoms with E-state index in [4.69, 9.17) is 24.6 Å². The van der Waals surface area contributed by atoms with Crippen molar-refractivity contribution in [3.8, 4) is 23.3 Å². The summed E-state index contributed by atoms with van der Waals surface area (Å²) in [7, 11) is 1.00. The molecule has 3 N–H and O–H groups in total. The summed E-state index contributed by atoms with van der Waals surface area (Å²) in [5.74, 6) is 2.09. The first-order valence-corrected chi connectivity index (χ1v) is 51.3. The number of Topliss-reactive ketones (excluding diaryl/α,β-unsaturated/α-hetero) is 3. The molecule has 41 heteroatoms. The SMILES string of the molecule is BrBr.C.CC(=O)C1(c2ccc(C(F)(F)F)cc2)CCC1.CO.FC(F)(F)c1ccc(OCC2CCCNC2)cc1.N#CC1(c2ccc(C(F)(F)F)cc2)CCC1.O=C(CBr)C1(c2ccc(C(F)(F)F)cc2)CCC1.O=C(CN1CCCC(COc2ccc(C(F)(F)F)cc2)C1)C1(c2ccc(C(F)(F)F)cc2)CCC1.OC(CN1CCCC(COc2ccc(C(F)(F)F)cc2)C1)C1(c2ccc(C(F)(F)F)cc2)CCC1.[B].[H-].[Na+]. The predicted molar refractivity (Wildman–Crippen MR) is 515 cm³/mol. The molecular weight excluding hydrogens is 2170 g/mol. The molecule has 8 aromatic carbocycles. The molecule has 4 unspecified atom stereocenters. The Labute approximate surface area is 883 Å². The Morgan fingerprint density at radius 2 is 0.664 bits per heavy atom. The number of nitrogens with zero attached hydrogens (tertiary/aromatic N) is 3. The second kappa shape index (κ2) is 55.0. The van der Waals surface area contributed by atoms with E-state index >= 15 is 0 Å². The van der Waals surface area contributed by atoms with Crippen LogP contribution in [-0.4, -0.2) is 136 Å². The van der Waals surface area contributed by atoms with E-state index in [1.165, 1.54) is 104 Å². The number of rotatable bonds is 23. The van der Waals surface area contributed by atoms with Gasteiger partial charge in [0.1, 0.15) is 23.0 Å². The first kappa shape index (κ1) is 127. The van der Waals surface area contributed by atoms with Gasteiger partial charge >= 0.3 is 79.0 Å². The summed E-state index contributed by atoms with van der Waals surface area (Å²) in [5.41, 5.74) is -4.92. The van der Waals surface area contributed by atoms with E-state index in [1.54, 1.807) is 0 Å². The number of ketones is 3. The molecule has 5 saturated carbocycles. The molecule has 3 radical (unpaired) electrons. The summed E-state index contributed by atoms with van der Waals surface area (Å²) in [5, 5.41) is 30.7. The minimum atomic E-state index is -4.42. The average molecular weight is 2290 g/mol. The fourth-order valence-electron chi connectivity index (χ4n) is 18.9. The number of piperidine rings is 3. The first-order chi connectivity index (χ1) is 67.2. The molecule has 797 valence electrons. The molecule has 5 aliphatic carbocycles. The number of ether oxygens (including phenoxy) is 3. The summed E-state index contributed by atoms with van der Waals surface area (Å²) in [4.78, 5) is 41.1. The first-order valence-electron chi connectivity index (χ1n) is 46.5. The van der Waals surface area contributed by atoms with Gasteiger partial charge in [-0.3, -0.25) is 19.3 Å². The molecule has 8 aliphatic rings. The van der Waals surface area contributed by atoms with Crippen molar-refractivity contribution in [3.63, 3.8) is 0 Å². The quantitative estimate of drug-likeness (QED) is 0.0316. The van der Waals surface area contributed by atoms with Gasteiger partial charge in [-0.15, -0.1) is 0 Å². The minimum Gasteiger partial charge on any atom is -1.00 e. The van der Waals surface area contributed by atoms with Crippen LogP contribution in [-0.2, 0) is 90.9 Å². The van der Waals surface area contributed by atoms with E-state index < -0.39 is 127 Å². The van der Waals surface area contributed by atoms with Gasteiger partial charge in [-0.05, 0) is 297 Å². The molecule has 146 heavy (non-hydrogen) atoms. The van der Waals surface area contributed by atoms with E-state index in [0.717, 1.165) is 258 Å². The standard InChI is InChI=1S/C26H29F6NO2.C26H27F6NO2.C13H12BrF3O.C13H16F3NO.C13H13F3O.C12H10F3N.CH4O.CH4.B.Br2.Na.H/c2*27-25(28,29)20-6-4-19(5-7-20)24(12-2-13-24)23(34)16-33-14-1-3-18(15-33)17-35-22-10-8-21(9-11-22)26(30,31)32;14-8-11(18)12(6-1-7-12)9-2-4-10(5-3-9)13(15,16)17;14-13(15,16)11-3-5-12(6-4-11)18-9-10-2-1-7-17-8-10;1-9(17)12(7-2-8-12)10-3-5-11(6-4-10)13(14,15)16;13-12(14,15)10-4-2-9(3-5-10)11(8-16)6-1-7-11;1-2;;;1-2;;/h4-11,18,23,34H,1-3,12-17H2;4-11,18H,1-3,12-17H2;2-5H,1,6-8H2;3-6,10,17H,1-2,7-9H2;3-6H,2,7-8H2,1H3;2-5H,1,6-7H2;2H,1H3;1H4;;;;/q;;;;;;;;;;+1;-1. The van der Waals surface area contributed by atoms with Crippen LogP contribution in [0.3, 0.4) is 0 Å². The Balaban J connectivity index is 0.000000316. The summed E-state index contributed by atoms with van der Waals surface area (Å²) >= 11 is 8.64. The largest absolute Gasteiger partial charge is 1.00 e. The van der Waals surface area contributed by atoms with E-state index in [9.17, 15) is 125 Å². The van der Waals surface area contributed by atoms with Crippen LogP contribution in [0.4, 0.5) is 105 Å². The molecule has 3 heterocycles. The van der Waals surface area contributed by atoms with Crippen molar-refractivity contribution in [2.24, 2.45) is 17.8 Å². The number of likely N-dealkylation sites (tertiary alicyclic amines) is 2. The molecule has 3 saturated heterocycles. The number of nitriles is 1. The molecule has 0 spiro atoms. The molecule has 8 aromatic rings. The third-order valence-electron chi connectivity index (χ3n) is 28.0. The maximum atomic E-state index is 13.3. The smallest absolute Gasteiger partial charge is 1.00 e. The van der Waals surface area contributed by atoms with E-state index in [1.807, 2.05) is 0 Å². The zero-order chi connectivity index (χ0) is 105. The predicted octanol–water partition coefficient (Wildman–Crippen LogP) is 26.0. The van der Waals surface area contributed by atoms with Crippen molar-refractivity contribution in [2.75, 3.05) is 84.6 Å². The molecule has 3 aliphatic heterocycles. The van der Waals surface area contributed by atoms with Crippen molar-refractivity contribution in [2.45, 2.75) is 232 Å². The summed E-state index contributed by atoms with van der Waals surface area (Å²) < 4.78 is 319. The number of hydrogen-bond donors (Lipinski definition) is 3. The molecule has 16 rings (SSSR count). The number of carbonyl (C=O) groups is 3. The van der Waals surface area contributed by atoms with Gasteiger partial charge in [0, 0.05) is 93.1 Å². The van der Waals surface area contributed by atoms with E-state index in [-0.39, 0.29) is 87.9 Å². The molecule has 4 atom stereocenters. The molecule has 0 aromatic heterocycles. The van der Waals surface area contributed by atoms with Gasteiger partial charge in [-0.25, -0.2) is 0 Å². The van der Waals surface area contributed by atoms with Crippen molar-refractivity contribution in [3.05, 3.63) is 266 Å². The van der Waals surface area contributed by atoms with Gasteiger partial charge in [0.05, 0.1) is 110 Å². The van der Waals surface area contributed by atoms with Gasteiger partial charge < -0.3 is 36.1 Å². The summed E-state index contributed by atoms with van der Waals surface area (Å²) in [6.45, 7) is 8.20. The number of nitrogens with one attached hydrogen (secondary N) is 1. The number of aliphatic hydroxyl groups excluding tert-OH is 2. The van der Waals surface area contributed by atoms with Crippen molar-refractivity contribution in [1.29, 1.82) is 5.26 Å². The van der Waals surface area contributed by atoms with Crippen molar-refractivity contribution >= 4 is 69.9 Å². The minimum absolute atomic E-state index is 0. The van der Waals surface area contributed by atoms with Crippen LogP contribution >= 0.6 is 44.2 Å². The monoisotopic (exact) mass is 2290 g/mol. The number of benzene rings is 8. The maximum Gasteiger partial charge on any atom is 1.00 e. The third-order valence-corrected chi connectivity index (χ3v) is 28.6. The fraction of sp³-hybridized carbons (Fsp3) is 0.505. The van der Waals surface area contributed by atoms with Crippen LogP contribution in [0.25, 0.3) is 0 Å². The van der Waals surface area contributed by atoms with Crippen LogP contribution in [0.1, 0.15) is 223 Å². The number of halogens is 27. The van der Waals surface area contributed by atoms with E-state index in [2.05, 4.69) is 65.4 Å². The van der Waals surface area contributed by atoms with Crippen molar-refractivity contribution < 1.29 is 175 Å². The Kier molecular flexibility index (Phi) is 47.8. The zero-order valence-corrected chi connectivity index (χ0v) is 86.3. The van der Waals surface area contributed by atoms with Crippen LogP contribution < -0.4 is 49.1 Å². The molecule has 0 amide bonds. The third kappa shape index (κ3) is 34.1. The van der Waals surface area contributed by atoms with Crippen LogP contribution in [0.5, 0.6) is 17.2 Å². The number of alkyl halides is 25. The summed E-state index contributed by atoms with van der Waals surface area (Å²) in [6.07, 6.45) is -17.9. The summed E-state index contributed by atoms with van der Waals surface area (Å²) in [6, 6.07) is 41.2. The van der Waals surface area contributed by atoms with Gasteiger partial charge in [0.15, 0.2) is 11.6 Å². The fourth-order valence-corrected chi connectivity index (χ4v) is 19.4. The normalized spacial score (nSPS) is 19.3. The maximum absolute atomic E-state index is 13.3. The van der Waals surface area contributed by atoms with Gasteiger partial charge in [-0.2, -0.15) is 111 Å². The molecular formula is C105H116BBr3F24N4NaO8. The molecule has 0 bridgehead atoms. The second-order valence-electron chi connectivity index (χ2n) is 37.0. The van der Waals surface area contributed by atoms with Gasteiger partial charge in [0.2, 0.25) is 0 Å². The topological polar surface area (TPSA) is 162 Å². The Morgan fingerprint density at radius 1 is 0.397 bits per heavy atom. The van der Waals surface area contributed by atoms with Crippen LogP contribution in [0.15, 0.2) is 194 Å². The second-order valence-corrected chi connectivity index (χ2v) is 37.6. The van der Waals surface area contributed by atoms with Gasteiger partial charge in [0.25, 0.3) is 0 Å². The van der Waals surface area contributed by atoms with Crippen LogP contribution in [0, 0.1) is 29.1 Å². The number of carbonyl (C=O) groups excluding carboxylic acids is 3. The molecule has 12 nitrogen and oxygen atoms in total. The Morgan fingerprint density at radius 3 is 0.925 bits per heavy atom. The Hall–Kier alpha value is -7.72. The van der Waals surface area contributed by atoms with Crippen molar-refractivity contribution in [1.82, 2.24) is 15.1 Å². The Bertz CT molecular complexity index is 5350. The molecule has 8 fully saturated rings. The number of β-amino-alcohol motifs (C(OH)–C–C–N with tert-alkyl or cyclic N) is 1. The van der Waals surface area contributed by atoms with E-state index in [0.29, 0.717) is 97.7 Å². The van der Waals surface area contributed by atoms with Crippen LogP contribution in [0.2, 0.25) is 0 Å².